The lowest BCUT2D eigenvalue weighted by atomic mass is 9.33. The smallest absolute Gasteiger partial charge is 0.256 e. The van der Waals surface area contributed by atoms with Crippen LogP contribution in [0.2, 0.25) is 0 Å². The first-order valence-corrected chi connectivity index (χ1v) is 20.4. The van der Waals surface area contributed by atoms with Crippen LogP contribution in [-0.2, 0) is 28.7 Å². The number of benzene rings is 5. The van der Waals surface area contributed by atoms with Crippen molar-refractivity contribution in [2.24, 2.45) is 7.05 Å². The van der Waals surface area contributed by atoms with E-state index >= 15 is 0 Å². The summed E-state index contributed by atoms with van der Waals surface area (Å²) in [6, 6.07) is 37.3. The summed E-state index contributed by atoms with van der Waals surface area (Å²) in [5, 5.41) is 0. The monoisotopic (exact) mass is 735 g/mol. The lowest BCUT2D eigenvalue weighted by molar-refractivity contribution is -0.660. The zero-order chi connectivity index (χ0) is 39.9. The maximum atomic E-state index is 7.11. The lowest BCUT2D eigenvalue weighted by Crippen LogP contribution is -2.61. The van der Waals surface area contributed by atoms with Gasteiger partial charge in [-0.15, -0.1) is 0 Å². The fraction of sp³-hybridized carbons (Fsp3) is 0.327. The van der Waals surface area contributed by atoms with Gasteiger partial charge in [-0.3, -0.25) is 0 Å². The van der Waals surface area contributed by atoms with Crippen LogP contribution in [0.3, 0.4) is 0 Å². The summed E-state index contributed by atoms with van der Waals surface area (Å²) in [7, 11) is 2.12. The van der Waals surface area contributed by atoms with E-state index in [4.69, 9.17) is 4.74 Å². The van der Waals surface area contributed by atoms with Crippen LogP contribution in [0.15, 0.2) is 103 Å². The summed E-state index contributed by atoms with van der Waals surface area (Å²) in [4.78, 5) is 2.61. The first kappa shape index (κ1) is 36.5. The molecule has 3 aliphatic heterocycles. The highest BCUT2D eigenvalue weighted by molar-refractivity contribution is 6.99. The summed E-state index contributed by atoms with van der Waals surface area (Å²) in [6.45, 7) is 28.1. The van der Waals surface area contributed by atoms with Crippen molar-refractivity contribution >= 4 is 40.2 Å². The number of pyridine rings is 1. The molecule has 0 bridgehead atoms. The maximum absolute atomic E-state index is 7.11. The van der Waals surface area contributed by atoms with Crippen molar-refractivity contribution < 1.29 is 9.30 Å². The van der Waals surface area contributed by atoms with E-state index in [2.05, 4.69) is 203 Å². The molecule has 6 aromatic rings. The molecule has 0 atom stereocenters. The maximum Gasteiger partial charge on any atom is 0.256 e. The standard InChI is InChI=1S/C52H56BN2O/c1-31-24-32(17-20-37(31)42-16-14-15-23-54(42)13)33-25-44-47-46(26-33)56-45-22-19-35(50(5,6)7)29-40(45)53(47)41-30-36(51(8,9)10)28-39-48(41)55(44)43-21-18-34(49(2,3)4)27-38(43)52(39,11)12/h14-30H,1-13H3/q+1. The number of aryl methyl sites for hydroxylation is 2. The SMILES string of the molecule is Cc1cc(-c2cc3c4c(c2)N2c5ccc(C(C)(C)C)cc5C(C)(C)c5cc(C(C)(C)C)cc(c52)B4c2cc(C(C)(C)C)ccc2O3)ccc1-c1cccc[n+]1C. The second kappa shape index (κ2) is 12.0. The van der Waals surface area contributed by atoms with Gasteiger partial charge in [0, 0.05) is 34.5 Å². The molecule has 9 rings (SSSR count). The second-order valence-electron chi connectivity index (χ2n) is 20.3. The summed E-state index contributed by atoms with van der Waals surface area (Å²) < 4.78 is 9.31. The van der Waals surface area contributed by atoms with Gasteiger partial charge >= 0.3 is 0 Å². The molecule has 0 saturated carbocycles. The second-order valence-corrected chi connectivity index (χ2v) is 20.3. The van der Waals surface area contributed by atoms with Crippen LogP contribution in [-0.4, -0.2) is 6.71 Å². The Bertz CT molecular complexity index is 2630. The minimum absolute atomic E-state index is 0.00188. The largest absolute Gasteiger partial charge is 0.458 e. The van der Waals surface area contributed by atoms with Gasteiger partial charge in [-0.05, 0) is 120 Å². The number of aromatic nitrogens is 1. The highest BCUT2D eigenvalue weighted by Gasteiger charge is 2.49. The molecule has 3 nitrogen and oxygen atoms in total. The number of ether oxygens (including phenoxy) is 1. The van der Waals surface area contributed by atoms with E-state index in [-0.39, 0.29) is 28.4 Å². The lowest BCUT2D eigenvalue weighted by Gasteiger charge is -2.49. The van der Waals surface area contributed by atoms with E-state index in [1.807, 2.05) is 0 Å². The minimum Gasteiger partial charge on any atom is -0.458 e. The summed E-state index contributed by atoms with van der Waals surface area (Å²) in [5.74, 6) is 1.90. The highest BCUT2D eigenvalue weighted by atomic mass is 16.5. The van der Waals surface area contributed by atoms with Crippen LogP contribution >= 0.6 is 0 Å². The van der Waals surface area contributed by atoms with Crippen molar-refractivity contribution in [2.45, 2.75) is 105 Å². The Labute approximate surface area is 335 Å². The average Bonchev–Trinajstić information content (AvgIpc) is 3.12. The Morgan fingerprint density at radius 1 is 0.607 bits per heavy atom. The van der Waals surface area contributed by atoms with Crippen LogP contribution < -0.4 is 30.6 Å². The number of hydrogen-bond donors (Lipinski definition) is 0. The molecule has 0 spiro atoms. The average molecular weight is 736 g/mol. The highest BCUT2D eigenvalue weighted by Crippen LogP contribution is 2.55. The number of anilines is 3. The summed E-state index contributed by atoms with van der Waals surface area (Å²) in [6.07, 6.45) is 2.12. The molecule has 0 N–H and O–H groups in total. The Kier molecular flexibility index (Phi) is 7.81. The fourth-order valence-corrected chi connectivity index (χ4v) is 9.45. The molecule has 0 radical (unpaired) electrons. The Hall–Kier alpha value is -5.09. The molecule has 1 aromatic heterocycles. The number of nitrogens with zero attached hydrogens (tertiary/aromatic N) is 2. The van der Waals surface area contributed by atoms with Gasteiger partial charge in [-0.25, -0.2) is 4.57 Å². The molecular formula is C52H56BN2O+. The third kappa shape index (κ3) is 5.50. The Morgan fingerprint density at radius 2 is 1.27 bits per heavy atom. The summed E-state index contributed by atoms with van der Waals surface area (Å²) in [5.41, 5.74) is 20.3. The van der Waals surface area contributed by atoms with Gasteiger partial charge in [0.1, 0.15) is 18.5 Å². The normalized spacial score (nSPS) is 15.1. The number of fused-ring (bicyclic) bond motifs is 6. The van der Waals surface area contributed by atoms with Gasteiger partial charge in [0.2, 0.25) is 5.69 Å². The molecule has 0 aliphatic carbocycles. The molecule has 0 fully saturated rings. The molecule has 4 heteroatoms. The van der Waals surface area contributed by atoms with E-state index in [1.54, 1.807) is 0 Å². The van der Waals surface area contributed by atoms with E-state index in [0.29, 0.717) is 0 Å². The first-order valence-electron chi connectivity index (χ1n) is 20.4. The van der Waals surface area contributed by atoms with Gasteiger partial charge in [-0.2, -0.15) is 0 Å². The van der Waals surface area contributed by atoms with Crippen LogP contribution in [0.4, 0.5) is 17.1 Å². The first-order chi connectivity index (χ1) is 26.2. The molecular weight excluding hydrogens is 679 g/mol. The molecule has 0 unspecified atom stereocenters. The van der Waals surface area contributed by atoms with E-state index in [0.717, 1.165) is 17.1 Å². The quantitative estimate of drug-likeness (QED) is 0.130. The van der Waals surface area contributed by atoms with Gasteiger partial charge in [0.15, 0.2) is 6.20 Å². The molecule has 56 heavy (non-hydrogen) atoms. The molecule has 0 saturated heterocycles. The number of hydrogen-bond acceptors (Lipinski definition) is 2. The van der Waals surface area contributed by atoms with Gasteiger partial charge in [0.25, 0.3) is 6.71 Å². The van der Waals surface area contributed by atoms with Crippen molar-refractivity contribution in [1.29, 1.82) is 0 Å². The molecule has 0 amide bonds. The van der Waals surface area contributed by atoms with Crippen molar-refractivity contribution in [3.63, 3.8) is 0 Å². The third-order valence-electron chi connectivity index (χ3n) is 12.9. The third-order valence-corrected chi connectivity index (χ3v) is 12.9. The number of rotatable bonds is 2. The van der Waals surface area contributed by atoms with E-state index in [1.165, 1.54) is 83.7 Å². The van der Waals surface area contributed by atoms with Gasteiger partial charge in [-0.1, -0.05) is 125 Å². The predicted octanol–water partition coefficient (Wildman–Crippen LogP) is 11.1. The topological polar surface area (TPSA) is 16.4 Å². The molecule has 5 aromatic carbocycles. The van der Waals surface area contributed by atoms with Gasteiger partial charge in [0.05, 0.1) is 5.69 Å². The van der Waals surface area contributed by atoms with Crippen molar-refractivity contribution in [1.82, 2.24) is 0 Å². The zero-order valence-electron chi connectivity index (χ0n) is 35.7. The van der Waals surface area contributed by atoms with E-state index in [9.17, 15) is 0 Å². The molecule has 4 heterocycles. The van der Waals surface area contributed by atoms with E-state index < -0.39 is 0 Å². The molecule has 282 valence electrons. The minimum atomic E-state index is -0.224. The Balaban J connectivity index is 1.36. The zero-order valence-corrected chi connectivity index (χ0v) is 35.7. The van der Waals surface area contributed by atoms with Crippen molar-refractivity contribution in [2.75, 3.05) is 4.90 Å². The van der Waals surface area contributed by atoms with Gasteiger partial charge < -0.3 is 9.64 Å². The van der Waals surface area contributed by atoms with Crippen LogP contribution in [0.25, 0.3) is 22.4 Å². The van der Waals surface area contributed by atoms with Crippen LogP contribution in [0.5, 0.6) is 11.5 Å². The van der Waals surface area contributed by atoms with Crippen molar-refractivity contribution in [3.8, 4) is 33.9 Å². The van der Waals surface area contributed by atoms with Crippen LogP contribution in [0.1, 0.15) is 110 Å². The fourth-order valence-electron chi connectivity index (χ4n) is 9.45. The molecule has 3 aliphatic rings. The summed E-state index contributed by atoms with van der Waals surface area (Å²) >= 11 is 0. The van der Waals surface area contributed by atoms with Crippen molar-refractivity contribution in [3.05, 3.63) is 137 Å². The predicted molar refractivity (Wildman–Crippen MR) is 237 cm³/mol. The van der Waals surface area contributed by atoms with Crippen LogP contribution in [0, 0.1) is 6.92 Å². The Morgan fingerprint density at radius 3 is 1.95 bits per heavy atom.